The highest BCUT2D eigenvalue weighted by molar-refractivity contribution is 6.33. The summed E-state index contributed by atoms with van der Waals surface area (Å²) in [5.41, 5.74) is -0.398. The molecule has 0 heterocycles. The molecule has 0 spiro atoms. The Hall–Kier alpha value is -0.480. The highest BCUT2D eigenvalue weighted by atomic mass is 35.5. The summed E-state index contributed by atoms with van der Waals surface area (Å²) in [4.78, 5) is 10.8. The number of rotatable bonds is 1. The van der Waals surface area contributed by atoms with Gasteiger partial charge in [0.05, 0.1) is 5.38 Å². The Balaban J connectivity index is 2.91. The van der Waals surface area contributed by atoms with E-state index in [4.69, 9.17) is 23.2 Å². The van der Waals surface area contributed by atoms with Crippen molar-refractivity contribution in [2.24, 2.45) is 0 Å². The van der Waals surface area contributed by atoms with Crippen LogP contribution in [-0.4, -0.2) is 17.3 Å². The first-order chi connectivity index (χ1) is 6.30. The molecule has 0 aromatic carbocycles. The topological polar surface area (TPSA) is 17.1 Å². The van der Waals surface area contributed by atoms with E-state index >= 15 is 0 Å². The smallest absolute Gasteiger partial charge is 0.284 e. The van der Waals surface area contributed by atoms with E-state index in [1.54, 1.807) is 0 Å². The van der Waals surface area contributed by atoms with Crippen LogP contribution in [0.4, 0.5) is 13.2 Å². The molecule has 0 saturated heterocycles. The summed E-state index contributed by atoms with van der Waals surface area (Å²) in [6.07, 6.45) is -2.63. The Morgan fingerprint density at radius 1 is 1.50 bits per heavy atom. The summed E-state index contributed by atoms with van der Waals surface area (Å²) in [6.45, 7) is 0. The lowest BCUT2D eigenvalue weighted by Crippen LogP contribution is -2.26. The largest absolute Gasteiger partial charge is 0.454 e. The molecule has 1 unspecified atom stereocenters. The van der Waals surface area contributed by atoms with Gasteiger partial charge in [-0.15, -0.1) is 11.6 Å². The number of Topliss-reactive ketones (excluding diaryl/α,β-unsaturated/α-hetero) is 1. The molecule has 0 N–H and O–H groups in total. The van der Waals surface area contributed by atoms with Crippen molar-refractivity contribution in [3.8, 4) is 0 Å². The fraction of sp³-hybridized carbons (Fsp3) is 0.375. The van der Waals surface area contributed by atoms with Crippen LogP contribution in [0, 0.1) is 0 Å². The second kappa shape index (κ2) is 3.95. The highest BCUT2D eigenvalue weighted by Gasteiger charge is 2.41. The zero-order valence-corrected chi connectivity index (χ0v) is 8.25. The van der Waals surface area contributed by atoms with E-state index in [0.29, 0.717) is 0 Å². The first-order valence-electron chi connectivity index (χ1n) is 3.64. The van der Waals surface area contributed by atoms with Gasteiger partial charge in [0.2, 0.25) is 0 Å². The standard InChI is InChI=1S/C8H5Cl2F3O/c9-5-1-4(2-6(10)3-5)7(14)8(11,12)13/h1,3,6H,2H2. The molecule has 0 aromatic rings. The second-order valence-corrected chi connectivity index (χ2v) is 3.77. The molecule has 0 aromatic heterocycles. The predicted octanol–water partition coefficient (Wildman–Crippen LogP) is 3.18. The molecule has 0 saturated carbocycles. The van der Waals surface area contributed by atoms with Crippen LogP contribution in [0.25, 0.3) is 0 Å². The summed E-state index contributed by atoms with van der Waals surface area (Å²) in [7, 11) is 0. The first kappa shape index (κ1) is 11.6. The van der Waals surface area contributed by atoms with Crippen LogP contribution in [0.1, 0.15) is 6.42 Å². The molecule has 0 amide bonds. The molecule has 6 heteroatoms. The summed E-state index contributed by atoms with van der Waals surface area (Å²) in [6, 6.07) is 0. The van der Waals surface area contributed by atoms with E-state index in [1.165, 1.54) is 6.08 Å². The van der Waals surface area contributed by atoms with E-state index in [2.05, 4.69) is 0 Å². The number of carbonyl (C=O) groups excluding carboxylic acids is 1. The lowest BCUT2D eigenvalue weighted by atomic mass is 10.0. The van der Waals surface area contributed by atoms with Crippen LogP contribution < -0.4 is 0 Å². The third-order valence-electron chi connectivity index (χ3n) is 1.62. The van der Waals surface area contributed by atoms with Gasteiger partial charge in [-0.1, -0.05) is 11.6 Å². The average Bonchev–Trinajstić information content (AvgIpc) is 1.99. The third kappa shape index (κ3) is 2.75. The van der Waals surface area contributed by atoms with Gasteiger partial charge in [0.1, 0.15) is 0 Å². The maximum absolute atomic E-state index is 12.0. The van der Waals surface area contributed by atoms with E-state index in [1.807, 2.05) is 0 Å². The highest BCUT2D eigenvalue weighted by Crippen LogP contribution is 2.29. The SMILES string of the molecule is O=C(C1=CC(Cl)=CC(Cl)C1)C(F)(F)F. The quantitative estimate of drug-likeness (QED) is 0.648. The Labute approximate surface area is 88.2 Å². The Morgan fingerprint density at radius 3 is 2.50 bits per heavy atom. The lowest BCUT2D eigenvalue weighted by molar-refractivity contribution is -0.166. The number of hydrogen-bond acceptors (Lipinski definition) is 1. The van der Waals surface area contributed by atoms with Gasteiger partial charge >= 0.3 is 6.18 Å². The van der Waals surface area contributed by atoms with Crippen LogP contribution in [0.2, 0.25) is 0 Å². The van der Waals surface area contributed by atoms with Crippen molar-refractivity contribution in [2.45, 2.75) is 18.0 Å². The van der Waals surface area contributed by atoms with Gasteiger partial charge in [-0.25, -0.2) is 0 Å². The van der Waals surface area contributed by atoms with E-state index in [-0.39, 0.29) is 11.5 Å². The van der Waals surface area contributed by atoms with Gasteiger partial charge in [0.15, 0.2) is 0 Å². The first-order valence-corrected chi connectivity index (χ1v) is 4.45. The average molecular weight is 245 g/mol. The number of halogens is 5. The van der Waals surface area contributed by atoms with Crippen LogP contribution in [0.15, 0.2) is 22.8 Å². The molecular weight excluding hydrogens is 240 g/mol. The number of alkyl halides is 4. The minimum absolute atomic E-state index is 0.0591. The number of ketones is 1. The molecule has 14 heavy (non-hydrogen) atoms. The minimum atomic E-state index is -4.86. The maximum atomic E-state index is 12.0. The summed E-state index contributed by atoms with van der Waals surface area (Å²) in [5, 5.41) is -0.599. The zero-order chi connectivity index (χ0) is 10.9. The van der Waals surface area contributed by atoms with Crippen LogP contribution >= 0.6 is 23.2 Å². The van der Waals surface area contributed by atoms with E-state index < -0.39 is 22.9 Å². The third-order valence-corrected chi connectivity index (χ3v) is 2.13. The molecule has 1 rings (SSSR count). The molecule has 78 valence electrons. The van der Waals surface area contributed by atoms with Crippen molar-refractivity contribution in [3.05, 3.63) is 22.8 Å². The Morgan fingerprint density at radius 2 is 2.07 bits per heavy atom. The molecule has 0 radical (unpaired) electrons. The van der Waals surface area contributed by atoms with Gasteiger partial charge in [-0.05, 0) is 18.6 Å². The van der Waals surface area contributed by atoms with Crippen molar-refractivity contribution in [2.75, 3.05) is 0 Å². The van der Waals surface area contributed by atoms with E-state index in [9.17, 15) is 18.0 Å². The molecule has 0 bridgehead atoms. The maximum Gasteiger partial charge on any atom is 0.454 e. The van der Waals surface area contributed by atoms with Crippen molar-refractivity contribution in [3.63, 3.8) is 0 Å². The van der Waals surface area contributed by atoms with Crippen LogP contribution in [0.5, 0.6) is 0 Å². The molecule has 1 aliphatic carbocycles. The van der Waals surface area contributed by atoms with Gasteiger partial charge in [-0.3, -0.25) is 4.79 Å². The van der Waals surface area contributed by atoms with Crippen molar-refractivity contribution >= 4 is 29.0 Å². The van der Waals surface area contributed by atoms with Crippen molar-refractivity contribution in [1.29, 1.82) is 0 Å². The normalized spacial score (nSPS) is 22.8. The number of carbonyl (C=O) groups is 1. The summed E-state index contributed by atoms with van der Waals surface area (Å²) in [5.74, 6) is -1.88. The second-order valence-electron chi connectivity index (χ2n) is 2.77. The Kier molecular flexibility index (Phi) is 3.27. The van der Waals surface area contributed by atoms with Gasteiger partial charge in [0, 0.05) is 10.6 Å². The minimum Gasteiger partial charge on any atom is -0.284 e. The number of hydrogen-bond donors (Lipinski definition) is 0. The number of allylic oxidation sites excluding steroid dienone is 4. The van der Waals surface area contributed by atoms with Crippen molar-refractivity contribution < 1.29 is 18.0 Å². The van der Waals surface area contributed by atoms with Crippen molar-refractivity contribution in [1.82, 2.24) is 0 Å². The lowest BCUT2D eigenvalue weighted by Gasteiger charge is -2.14. The van der Waals surface area contributed by atoms with Gasteiger partial charge < -0.3 is 0 Å². The monoisotopic (exact) mass is 244 g/mol. The summed E-state index contributed by atoms with van der Waals surface area (Å²) >= 11 is 11.1. The van der Waals surface area contributed by atoms with Gasteiger partial charge in [-0.2, -0.15) is 13.2 Å². The molecule has 1 atom stereocenters. The zero-order valence-electron chi connectivity index (χ0n) is 6.74. The van der Waals surface area contributed by atoms with Crippen LogP contribution in [0.3, 0.4) is 0 Å². The van der Waals surface area contributed by atoms with E-state index in [0.717, 1.165) is 6.08 Å². The van der Waals surface area contributed by atoms with Crippen LogP contribution in [-0.2, 0) is 4.79 Å². The molecule has 0 aliphatic heterocycles. The predicted molar refractivity (Wildman–Crippen MR) is 47.3 cm³/mol. The van der Waals surface area contributed by atoms with Gasteiger partial charge in [0.25, 0.3) is 5.78 Å². The molecular formula is C8H5Cl2F3O. The summed E-state index contributed by atoms with van der Waals surface area (Å²) < 4.78 is 36.0. The molecule has 0 fully saturated rings. The Bertz CT molecular complexity index is 317. The molecule has 1 aliphatic rings. The fourth-order valence-electron chi connectivity index (χ4n) is 1.06. The fourth-order valence-corrected chi connectivity index (χ4v) is 1.71. The molecule has 1 nitrogen and oxygen atoms in total.